The van der Waals surface area contributed by atoms with E-state index < -0.39 is 0 Å². The summed E-state index contributed by atoms with van der Waals surface area (Å²) in [6.45, 7) is 6.38. The summed E-state index contributed by atoms with van der Waals surface area (Å²) in [7, 11) is 0. The average molecular weight is 332 g/mol. The fourth-order valence-corrected chi connectivity index (χ4v) is 2.57. The van der Waals surface area contributed by atoms with Crippen molar-refractivity contribution in [3.8, 4) is 5.75 Å². The van der Waals surface area contributed by atoms with Crippen molar-refractivity contribution in [2.75, 3.05) is 11.9 Å². The minimum absolute atomic E-state index is 0.166. The Bertz CT molecular complexity index is 677. The number of carbonyl (C=O) groups excluding carboxylic acids is 1. The van der Waals surface area contributed by atoms with Crippen LogP contribution in [-0.2, 0) is 6.61 Å². The van der Waals surface area contributed by atoms with Gasteiger partial charge < -0.3 is 19.7 Å². The molecule has 0 spiro atoms. The quantitative estimate of drug-likeness (QED) is 0.769. The van der Waals surface area contributed by atoms with Crippen LogP contribution < -0.4 is 10.1 Å². The number of aromatic nitrogens is 1. The van der Waals surface area contributed by atoms with Crippen molar-refractivity contribution in [2.45, 2.75) is 46.1 Å². The van der Waals surface area contributed by atoms with Crippen LogP contribution in [0.1, 0.15) is 61.3 Å². The smallest absolute Gasteiger partial charge is 0.294 e. The first kappa shape index (κ1) is 18.0. The second kappa shape index (κ2) is 8.49. The molecule has 130 valence electrons. The van der Waals surface area contributed by atoms with E-state index in [1.807, 2.05) is 6.92 Å². The highest BCUT2D eigenvalue weighted by Gasteiger charge is 2.18. The number of aliphatic hydroxyl groups excluding tert-OH is 1. The second-order valence-electron chi connectivity index (χ2n) is 5.50. The van der Waals surface area contributed by atoms with Crippen molar-refractivity contribution in [2.24, 2.45) is 0 Å². The molecule has 0 aliphatic heterocycles. The summed E-state index contributed by atoms with van der Waals surface area (Å²) in [4.78, 5) is 12.3. The first-order chi connectivity index (χ1) is 11.6. The van der Waals surface area contributed by atoms with Gasteiger partial charge in [-0.1, -0.05) is 19.0 Å². The van der Waals surface area contributed by atoms with Crippen LogP contribution in [0, 0.1) is 0 Å². The SMILES string of the molecule is CCOc1ccc(NC(=O)c2cc(C(CC)CC)no2)cc1CO. The number of benzene rings is 1. The van der Waals surface area contributed by atoms with Gasteiger partial charge in [-0.2, -0.15) is 0 Å². The Kier molecular flexibility index (Phi) is 6.37. The lowest BCUT2D eigenvalue weighted by Gasteiger charge is -2.10. The molecule has 0 aliphatic carbocycles. The van der Waals surface area contributed by atoms with Gasteiger partial charge in [0.25, 0.3) is 5.91 Å². The van der Waals surface area contributed by atoms with Crippen molar-refractivity contribution in [1.82, 2.24) is 5.16 Å². The normalized spacial score (nSPS) is 10.9. The molecule has 0 radical (unpaired) electrons. The number of hydrogen-bond donors (Lipinski definition) is 2. The number of ether oxygens (including phenoxy) is 1. The summed E-state index contributed by atoms with van der Waals surface area (Å²) in [5.74, 6) is 0.708. The van der Waals surface area contributed by atoms with Gasteiger partial charge in [-0.25, -0.2) is 0 Å². The molecule has 2 rings (SSSR count). The van der Waals surface area contributed by atoms with E-state index in [1.54, 1.807) is 24.3 Å². The third kappa shape index (κ3) is 4.14. The number of hydrogen-bond acceptors (Lipinski definition) is 5. The van der Waals surface area contributed by atoms with Crippen molar-refractivity contribution in [1.29, 1.82) is 0 Å². The minimum atomic E-state index is -0.368. The highest BCUT2D eigenvalue weighted by molar-refractivity contribution is 6.02. The Balaban J connectivity index is 2.12. The lowest BCUT2D eigenvalue weighted by Crippen LogP contribution is -2.11. The predicted molar refractivity (Wildman–Crippen MR) is 91.3 cm³/mol. The molecule has 0 saturated heterocycles. The largest absolute Gasteiger partial charge is 0.494 e. The number of anilines is 1. The Hall–Kier alpha value is -2.34. The molecular formula is C18H24N2O4. The highest BCUT2D eigenvalue weighted by atomic mass is 16.5. The van der Waals surface area contributed by atoms with E-state index in [0.29, 0.717) is 29.5 Å². The van der Waals surface area contributed by atoms with Crippen LogP contribution >= 0.6 is 0 Å². The predicted octanol–water partition coefficient (Wildman–Crippen LogP) is 3.72. The van der Waals surface area contributed by atoms with E-state index in [2.05, 4.69) is 24.3 Å². The van der Waals surface area contributed by atoms with Gasteiger partial charge in [0.15, 0.2) is 0 Å². The summed E-state index contributed by atoms with van der Waals surface area (Å²) >= 11 is 0. The molecule has 0 unspecified atom stereocenters. The van der Waals surface area contributed by atoms with Crippen molar-refractivity contribution < 1.29 is 19.2 Å². The van der Waals surface area contributed by atoms with Gasteiger partial charge in [0.1, 0.15) is 5.75 Å². The van der Waals surface area contributed by atoms with Gasteiger partial charge in [0.05, 0.1) is 18.9 Å². The molecule has 2 N–H and O–H groups in total. The molecule has 6 heteroatoms. The van der Waals surface area contributed by atoms with Gasteiger partial charge >= 0.3 is 0 Å². The number of nitrogens with one attached hydrogen (secondary N) is 1. The zero-order valence-corrected chi connectivity index (χ0v) is 14.3. The van der Waals surface area contributed by atoms with Crippen LogP contribution in [0.5, 0.6) is 5.75 Å². The summed E-state index contributed by atoms with van der Waals surface area (Å²) in [5, 5.41) is 16.2. The zero-order chi connectivity index (χ0) is 17.5. The third-order valence-corrected chi connectivity index (χ3v) is 3.94. The summed E-state index contributed by atoms with van der Waals surface area (Å²) in [5.41, 5.74) is 1.98. The topological polar surface area (TPSA) is 84.6 Å². The summed E-state index contributed by atoms with van der Waals surface area (Å²) < 4.78 is 10.6. The van der Waals surface area contributed by atoms with Crippen LogP contribution in [0.15, 0.2) is 28.8 Å². The molecule has 1 aromatic heterocycles. The Morgan fingerprint density at radius 2 is 2.04 bits per heavy atom. The molecule has 0 fully saturated rings. The maximum Gasteiger partial charge on any atom is 0.294 e. The summed E-state index contributed by atoms with van der Waals surface area (Å²) in [6.07, 6.45) is 1.89. The van der Waals surface area contributed by atoms with Crippen molar-refractivity contribution in [3.05, 3.63) is 41.3 Å². The maximum absolute atomic E-state index is 12.3. The summed E-state index contributed by atoms with van der Waals surface area (Å²) in [6, 6.07) is 6.82. The van der Waals surface area contributed by atoms with Gasteiger partial charge in [-0.3, -0.25) is 4.79 Å². The van der Waals surface area contributed by atoms with Gasteiger partial charge in [0.2, 0.25) is 5.76 Å². The molecule has 1 heterocycles. The number of carbonyl (C=O) groups is 1. The molecular weight excluding hydrogens is 308 g/mol. The average Bonchev–Trinajstić information content (AvgIpc) is 3.07. The zero-order valence-electron chi connectivity index (χ0n) is 14.3. The lowest BCUT2D eigenvalue weighted by atomic mass is 9.99. The lowest BCUT2D eigenvalue weighted by molar-refractivity contribution is 0.0987. The van der Waals surface area contributed by atoms with Gasteiger partial charge in [0, 0.05) is 23.2 Å². The molecule has 1 aromatic carbocycles. The van der Waals surface area contributed by atoms with E-state index >= 15 is 0 Å². The number of amides is 1. The van der Waals surface area contributed by atoms with E-state index in [-0.39, 0.29) is 18.3 Å². The standard InChI is InChI=1S/C18H24N2O4/c1-4-12(5-2)15-10-17(24-20-15)18(22)19-14-7-8-16(23-6-3)13(9-14)11-21/h7-10,12,21H,4-6,11H2,1-3H3,(H,19,22). The fourth-order valence-electron chi connectivity index (χ4n) is 2.57. The number of aliphatic hydroxyl groups is 1. The molecule has 0 bridgehead atoms. The second-order valence-corrected chi connectivity index (χ2v) is 5.50. The van der Waals surface area contributed by atoms with Crippen LogP contribution in [0.2, 0.25) is 0 Å². The minimum Gasteiger partial charge on any atom is -0.494 e. The van der Waals surface area contributed by atoms with E-state index in [0.717, 1.165) is 18.5 Å². The molecule has 6 nitrogen and oxygen atoms in total. The molecule has 24 heavy (non-hydrogen) atoms. The number of rotatable bonds is 8. The highest BCUT2D eigenvalue weighted by Crippen LogP contribution is 2.25. The van der Waals surface area contributed by atoms with Gasteiger partial charge in [-0.05, 0) is 38.0 Å². The molecule has 0 atom stereocenters. The van der Waals surface area contributed by atoms with Crippen LogP contribution in [0.25, 0.3) is 0 Å². The van der Waals surface area contributed by atoms with E-state index in [4.69, 9.17) is 9.26 Å². The van der Waals surface area contributed by atoms with Crippen LogP contribution in [-0.4, -0.2) is 22.8 Å². The molecule has 1 amide bonds. The first-order valence-electron chi connectivity index (χ1n) is 8.27. The van der Waals surface area contributed by atoms with Crippen LogP contribution in [0.3, 0.4) is 0 Å². The maximum atomic E-state index is 12.3. The number of nitrogens with zero attached hydrogens (tertiary/aromatic N) is 1. The Labute approximate surface area is 141 Å². The van der Waals surface area contributed by atoms with E-state index in [9.17, 15) is 9.90 Å². The fraction of sp³-hybridized carbons (Fsp3) is 0.444. The van der Waals surface area contributed by atoms with Crippen LogP contribution in [0.4, 0.5) is 5.69 Å². The van der Waals surface area contributed by atoms with Gasteiger partial charge in [-0.15, -0.1) is 0 Å². The Morgan fingerprint density at radius 1 is 1.29 bits per heavy atom. The monoisotopic (exact) mass is 332 g/mol. The van der Waals surface area contributed by atoms with E-state index in [1.165, 1.54) is 0 Å². The first-order valence-corrected chi connectivity index (χ1v) is 8.27. The molecule has 0 saturated carbocycles. The van der Waals surface area contributed by atoms with Crippen molar-refractivity contribution in [3.63, 3.8) is 0 Å². The Morgan fingerprint density at radius 3 is 2.67 bits per heavy atom. The van der Waals surface area contributed by atoms with Crippen molar-refractivity contribution >= 4 is 11.6 Å². The molecule has 0 aliphatic rings. The third-order valence-electron chi connectivity index (χ3n) is 3.94. The molecule has 2 aromatic rings.